The van der Waals surface area contributed by atoms with Gasteiger partial charge < -0.3 is 18.3 Å². The summed E-state index contributed by atoms with van der Waals surface area (Å²) in [6.45, 7) is 4.62. The molecule has 1 aliphatic rings. The first-order valence-corrected chi connectivity index (χ1v) is 8.29. The van der Waals surface area contributed by atoms with Gasteiger partial charge in [-0.2, -0.15) is 0 Å². The van der Waals surface area contributed by atoms with Crippen molar-refractivity contribution in [3.05, 3.63) is 0 Å². The molecule has 0 aromatic rings. The van der Waals surface area contributed by atoms with Gasteiger partial charge in [0.05, 0.1) is 12.7 Å². The number of epoxide rings is 1. The maximum absolute atomic E-state index is 5.59. The van der Waals surface area contributed by atoms with Crippen LogP contribution in [0.5, 0.6) is 0 Å². The minimum atomic E-state index is -1.94. The quantitative estimate of drug-likeness (QED) is 0.336. The Morgan fingerprint density at radius 1 is 1.25 bits per heavy atom. The molecule has 16 heavy (non-hydrogen) atoms. The van der Waals surface area contributed by atoms with Gasteiger partial charge in [0, 0.05) is 33.5 Å². The van der Waals surface area contributed by atoms with Crippen LogP contribution >= 0.6 is 0 Å². The van der Waals surface area contributed by atoms with Crippen molar-refractivity contribution in [3.63, 3.8) is 0 Å². The van der Waals surface area contributed by atoms with E-state index in [-0.39, 0.29) is 0 Å². The van der Waals surface area contributed by atoms with Gasteiger partial charge in [0.15, 0.2) is 0 Å². The van der Waals surface area contributed by atoms with E-state index in [1.807, 2.05) is 0 Å². The van der Waals surface area contributed by atoms with Gasteiger partial charge >= 0.3 is 8.56 Å². The van der Waals surface area contributed by atoms with Crippen LogP contribution < -0.4 is 0 Å². The van der Waals surface area contributed by atoms with Crippen molar-refractivity contribution >= 4 is 8.56 Å². The highest BCUT2D eigenvalue weighted by Crippen LogP contribution is 2.17. The average Bonchev–Trinajstić information content (AvgIpc) is 3.13. The van der Waals surface area contributed by atoms with Gasteiger partial charge in [-0.25, -0.2) is 0 Å². The molecule has 0 spiro atoms. The van der Waals surface area contributed by atoms with Crippen molar-refractivity contribution in [2.45, 2.75) is 38.0 Å². The number of hydrogen-bond donors (Lipinski definition) is 0. The van der Waals surface area contributed by atoms with Crippen molar-refractivity contribution in [2.24, 2.45) is 0 Å². The summed E-state index contributed by atoms with van der Waals surface area (Å²) in [6, 6.07) is 1.88. The lowest BCUT2D eigenvalue weighted by Crippen LogP contribution is -2.40. The molecule has 1 rings (SSSR count). The van der Waals surface area contributed by atoms with Gasteiger partial charge in [-0.1, -0.05) is 6.92 Å². The molecule has 0 aromatic carbocycles. The Hall–Kier alpha value is 0.0569. The number of ether oxygens (including phenoxy) is 2. The monoisotopic (exact) mass is 248 g/mol. The van der Waals surface area contributed by atoms with E-state index in [9.17, 15) is 0 Å². The molecule has 0 amide bonds. The topological polar surface area (TPSA) is 40.2 Å². The lowest BCUT2D eigenvalue weighted by molar-refractivity contribution is 0.130. The van der Waals surface area contributed by atoms with Crippen molar-refractivity contribution < 1.29 is 18.3 Å². The molecule has 4 nitrogen and oxygen atoms in total. The first-order valence-electron chi connectivity index (χ1n) is 6.06. The molecule has 0 aliphatic carbocycles. The summed E-state index contributed by atoms with van der Waals surface area (Å²) >= 11 is 0. The molecule has 0 saturated carbocycles. The molecular formula is C11H24O4Si. The fourth-order valence-electron chi connectivity index (χ4n) is 1.73. The van der Waals surface area contributed by atoms with Crippen LogP contribution in [0.3, 0.4) is 0 Å². The van der Waals surface area contributed by atoms with E-state index in [4.69, 9.17) is 18.3 Å². The van der Waals surface area contributed by atoms with Gasteiger partial charge in [0.25, 0.3) is 0 Å². The van der Waals surface area contributed by atoms with E-state index in [0.29, 0.717) is 6.10 Å². The standard InChI is InChI=1S/C11H24O4Si/c1-4-16(12-2,13-3)9-8-14-7-5-6-11-10-15-11/h11H,4-10H2,1-3H3. The predicted octanol–water partition coefficient (Wildman–Crippen LogP) is 1.94. The van der Waals surface area contributed by atoms with Crippen LogP contribution in [0.25, 0.3) is 0 Å². The molecule has 1 atom stereocenters. The Balaban J connectivity index is 1.98. The largest absolute Gasteiger partial charge is 0.398 e. The van der Waals surface area contributed by atoms with E-state index in [1.54, 1.807) is 14.2 Å². The predicted molar refractivity (Wildman–Crippen MR) is 64.9 cm³/mol. The highest BCUT2D eigenvalue weighted by molar-refractivity contribution is 6.67. The van der Waals surface area contributed by atoms with Gasteiger partial charge in [-0.05, 0) is 18.9 Å². The van der Waals surface area contributed by atoms with Crippen LogP contribution in [0.1, 0.15) is 19.8 Å². The highest BCUT2D eigenvalue weighted by Gasteiger charge is 2.32. The summed E-state index contributed by atoms with van der Waals surface area (Å²) in [5, 5.41) is 0. The summed E-state index contributed by atoms with van der Waals surface area (Å²) < 4.78 is 21.7. The molecule has 0 aromatic heterocycles. The zero-order valence-electron chi connectivity index (χ0n) is 10.7. The Morgan fingerprint density at radius 3 is 2.44 bits per heavy atom. The van der Waals surface area contributed by atoms with Gasteiger partial charge in [0.1, 0.15) is 0 Å². The van der Waals surface area contributed by atoms with Gasteiger partial charge in [-0.15, -0.1) is 0 Å². The highest BCUT2D eigenvalue weighted by atomic mass is 28.4. The third-order valence-corrected chi connectivity index (χ3v) is 6.66. The maximum Gasteiger partial charge on any atom is 0.339 e. The van der Waals surface area contributed by atoms with E-state index in [2.05, 4.69) is 6.92 Å². The fourth-order valence-corrected chi connectivity index (χ4v) is 3.69. The normalized spacial score (nSPS) is 20.1. The molecule has 5 heteroatoms. The van der Waals surface area contributed by atoms with Crippen LogP contribution in [0, 0.1) is 0 Å². The van der Waals surface area contributed by atoms with E-state index < -0.39 is 8.56 Å². The molecule has 1 saturated heterocycles. The first-order chi connectivity index (χ1) is 7.76. The summed E-state index contributed by atoms with van der Waals surface area (Å²) in [4.78, 5) is 0. The zero-order valence-corrected chi connectivity index (χ0v) is 11.7. The Labute approximate surface area is 99.5 Å². The van der Waals surface area contributed by atoms with Crippen LogP contribution in [-0.4, -0.2) is 48.7 Å². The Morgan fingerprint density at radius 2 is 1.94 bits per heavy atom. The van der Waals surface area contributed by atoms with Crippen molar-refractivity contribution in [2.75, 3.05) is 34.0 Å². The molecule has 1 heterocycles. The van der Waals surface area contributed by atoms with Crippen LogP contribution in [-0.2, 0) is 18.3 Å². The van der Waals surface area contributed by atoms with E-state index in [0.717, 1.165) is 44.8 Å². The van der Waals surface area contributed by atoms with Gasteiger partial charge in [0.2, 0.25) is 0 Å². The third-order valence-electron chi connectivity index (χ3n) is 3.13. The summed E-state index contributed by atoms with van der Waals surface area (Å²) in [5.41, 5.74) is 0. The SMILES string of the molecule is CC[Si](CCOCCCC1CO1)(OC)OC. The molecule has 1 aliphatic heterocycles. The zero-order chi connectivity index (χ0) is 11.9. The minimum Gasteiger partial charge on any atom is -0.398 e. The van der Waals surface area contributed by atoms with Crippen molar-refractivity contribution in [3.8, 4) is 0 Å². The lowest BCUT2D eigenvalue weighted by atomic mass is 10.3. The Kier molecular flexibility index (Phi) is 6.53. The second-order valence-corrected chi connectivity index (χ2v) is 7.98. The van der Waals surface area contributed by atoms with Crippen LogP contribution in [0.2, 0.25) is 12.1 Å². The van der Waals surface area contributed by atoms with E-state index >= 15 is 0 Å². The average molecular weight is 248 g/mol. The van der Waals surface area contributed by atoms with Crippen LogP contribution in [0.4, 0.5) is 0 Å². The van der Waals surface area contributed by atoms with Crippen molar-refractivity contribution in [1.29, 1.82) is 0 Å². The fraction of sp³-hybridized carbons (Fsp3) is 1.00. The second kappa shape index (κ2) is 7.40. The third kappa shape index (κ3) is 4.93. The maximum atomic E-state index is 5.59. The molecule has 1 fully saturated rings. The second-order valence-electron chi connectivity index (χ2n) is 4.13. The lowest BCUT2D eigenvalue weighted by Gasteiger charge is -2.25. The summed E-state index contributed by atoms with van der Waals surface area (Å²) in [6.07, 6.45) is 2.74. The first kappa shape index (κ1) is 14.1. The van der Waals surface area contributed by atoms with E-state index in [1.165, 1.54) is 0 Å². The smallest absolute Gasteiger partial charge is 0.339 e. The molecular weight excluding hydrogens is 224 g/mol. The molecule has 0 bridgehead atoms. The van der Waals surface area contributed by atoms with Crippen molar-refractivity contribution in [1.82, 2.24) is 0 Å². The Bertz CT molecular complexity index is 173. The molecule has 0 N–H and O–H groups in total. The summed E-state index contributed by atoms with van der Waals surface area (Å²) in [5.74, 6) is 0. The minimum absolute atomic E-state index is 0.519. The number of hydrogen-bond acceptors (Lipinski definition) is 4. The number of rotatable bonds is 10. The molecule has 1 unspecified atom stereocenters. The van der Waals surface area contributed by atoms with Crippen LogP contribution in [0.15, 0.2) is 0 Å². The molecule has 96 valence electrons. The summed E-state index contributed by atoms with van der Waals surface area (Å²) in [7, 11) is 1.54. The molecule has 0 radical (unpaired) electrons. The van der Waals surface area contributed by atoms with Gasteiger partial charge in [-0.3, -0.25) is 0 Å².